The van der Waals surface area contributed by atoms with Crippen LogP contribution in [0, 0.1) is 13.8 Å². The van der Waals surface area contributed by atoms with Gasteiger partial charge in [0.2, 0.25) is 5.91 Å². The molecule has 2 N–H and O–H groups in total. The number of anilines is 2. The molecule has 0 aliphatic rings. The Morgan fingerprint density at radius 1 is 1.33 bits per heavy atom. The molecule has 0 saturated heterocycles. The maximum absolute atomic E-state index is 11.4. The summed E-state index contributed by atoms with van der Waals surface area (Å²) < 4.78 is 0. The summed E-state index contributed by atoms with van der Waals surface area (Å²) in [6.07, 6.45) is 0.478. The summed E-state index contributed by atoms with van der Waals surface area (Å²) in [5, 5.41) is 7.39. The Kier molecular flexibility index (Phi) is 4.96. The molecule has 1 aromatic heterocycles. The molecular weight excluding hydrogens is 282 g/mol. The van der Waals surface area contributed by atoms with Crippen LogP contribution in [0.3, 0.4) is 0 Å². The fraction of sp³-hybridized carbons (Fsp3) is 0.375. The van der Waals surface area contributed by atoms with E-state index in [0.29, 0.717) is 6.42 Å². The minimum Gasteiger partial charge on any atom is -0.377 e. The molecule has 5 heteroatoms. The van der Waals surface area contributed by atoms with Crippen molar-refractivity contribution in [2.45, 2.75) is 40.2 Å². The third-order valence-corrected chi connectivity index (χ3v) is 4.10. The second-order valence-electron chi connectivity index (χ2n) is 5.02. The Morgan fingerprint density at radius 2 is 2.05 bits per heavy atom. The molecule has 0 radical (unpaired) electrons. The summed E-state index contributed by atoms with van der Waals surface area (Å²) in [4.78, 5) is 17.3. The van der Waals surface area contributed by atoms with Gasteiger partial charge in [0, 0.05) is 22.7 Å². The summed E-state index contributed by atoms with van der Waals surface area (Å²) in [6.45, 7) is 8.05. The monoisotopic (exact) mass is 303 g/mol. The topological polar surface area (TPSA) is 54.0 Å². The molecule has 0 bridgehead atoms. The van der Waals surface area contributed by atoms with Gasteiger partial charge in [0.1, 0.15) is 0 Å². The molecule has 0 spiro atoms. The molecule has 0 fully saturated rings. The van der Waals surface area contributed by atoms with Gasteiger partial charge in [0.25, 0.3) is 0 Å². The van der Waals surface area contributed by atoms with Gasteiger partial charge in [0.05, 0.1) is 16.7 Å². The summed E-state index contributed by atoms with van der Waals surface area (Å²) in [6, 6.07) is 7.89. The van der Waals surface area contributed by atoms with Crippen molar-refractivity contribution in [1.29, 1.82) is 0 Å². The van der Waals surface area contributed by atoms with Crippen molar-refractivity contribution in [2.24, 2.45) is 0 Å². The molecule has 1 aromatic carbocycles. The molecular formula is C16H21N3OS. The molecule has 0 aliphatic heterocycles. The number of carbonyl (C=O) groups is 1. The number of nitrogens with zero attached hydrogens (tertiary/aromatic N) is 1. The van der Waals surface area contributed by atoms with Crippen molar-refractivity contribution in [1.82, 2.24) is 4.98 Å². The maximum atomic E-state index is 11.4. The number of hydrogen-bond donors (Lipinski definition) is 2. The Hall–Kier alpha value is -1.88. The van der Waals surface area contributed by atoms with Gasteiger partial charge < -0.3 is 10.6 Å². The van der Waals surface area contributed by atoms with Crippen molar-refractivity contribution < 1.29 is 4.79 Å². The number of carbonyl (C=O) groups excluding carboxylic acids is 1. The number of benzene rings is 1. The van der Waals surface area contributed by atoms with Crippen molar-refractivity contribution >= 4 is 28.6 Å². The standard InChI is InChI=1S/C16H21N3OS/c1-5-15(20)19-14-8-6-7-13(9-14)17-10(2)16-11(3)21-12(4)18-16/h6-10,17H,5H2,1-4H3,(H,19,20). The first-order chi connectivity index (χ1) is 9.99. The molecule has 0 saturated carbocycles. The lowest BCUT2D eigenvalue weighted by atomic mass is 10.2. The number of amides is 1. The predicted octanol–water partition coefficient (Wildman–Crippen LogP) is 4.28. The highest BCUT2D eigenvalue weighted by atomic mass is 32.1. The molecule has 1 amide bonds. The van der Waals surface area contributed by atoms with E-state index in [1.807, 2.05) is 38.1 Å². The second-order valence-corrected chi connectivity index (χ2v) is 6.43. The lowest BCUT2D eigenvalue weighted by Gasteiger charge is -2.15. The minimum absolute atomic E-state index is 0.0196. The van der Waals surface area contributed by atoms with E-state index in [9.17, 15) is 4.79 Å². The van der Waals surface area contributed by atoms with Crippen LogP contribution in [0.15, 0.2) is 24.3 Å². The van der Waals surface area contributed by atoms with Gasteiger partial charge in [-0.2, -0.15) is 0 Å². The van der Waals surface area contributed by atoms with Crippen LogP contribution >= 0.6 is 11.3 Å². The van der Waals surface area contributed by atoms with Gasteiger partial charge in [-0.3, -0.25) is 4.79 Å². The van der Waals surface area contributed by atoms with Crippen molar-refractivity contribution in [3.8, 4) is 0 Å². The first kappa shape index (κ1) is 15.5. The predicted molar refractivity (Wildman–Crippen MR) is 89.0 cm³/mol. The highest BCUT2D eigenvalue weighted by molar-refractivity contribution is 7.11. The maximum Gasteiger partial charge on any atom is 0.224 e. The summed E-state index contributed by atoms with van der Waals surface area (Å²) in [7, 11) is 0. The second kappa shape index (κ2) is 6.72. The van der Waals surface area contributed by atoms with Crippen LogP contribution < -0.4 is 10.6 Å². The van der Waals surface area contributed by atoms with E-state index in [1.165, 1.54) is 4.88 Å². The number of aromatic nitrogens is 1. The number of nitrogens with one attached hydrogen (secondary N) is 2. The van der Waals surface area contributed by atoms with Crippen molar-refractivity contribution in [2.75, 3.05) is 10.6 Å². The quantitative estimate of drug-likeness (QED) is 0.866. The molecule has 0 aliphatic carbocycles. The minimum atomic E-state index is 0.0196. The molecule has 1 heterocycles. The average molecular weight is 303 g/mol. The van der Waals surface area contributed by atoms with E-state index in [-0.39, 0.29) is 11.9 Å². The van der Waals surface area contributed by atoms with E-state index in [2.05, 4.69) is 29.5 Å². The van der Waals surface area contributed by atoms with E-state index in [0.717, 1.165) is 22.1 Å². The number of rotatable bonds is 5. The first-order valence-electron chi connectivity index (χ1n) is 7.10. The Labute approximate surface area is 129 Å². The lowest BCUT2D eigenvalue weighted by Crippen LogP contribution is -2.11. The van der Waals surface area contributed by atoms with Crippen LogP contribution in [0.5, 0.6) is 0 Å². The van der Waals surface area contributed by atoms with Crippen LogP contribution in [-0.2, 0) is 4.79 Å². The van der Waals surface area contributed by atoms with Crippen LogP contribution in [0.2, 0.25) is 0 Å². The van der Waals surface area contributed by atoms with Gasteiger partial charge in [0.15, 0.2) is 0 Å². The number of aryl methyl sites for hydroxylation is 2. The van der Waals surface area contributed by atoms with Crippen molar-refractivity contribution in [3.05, 3.63) is 39.8 Å². The lowest BCUT2D eigenvalue weighted by molar-refractivity contribution is -0.115. The summed E-state index contributed by atoms with van der Waals surface area (Å²) >= 11 is 1.71. The van der Waals surface area contributed by atoms with Crippen molar-refractivity contribution in [3.63, 3.8) is 0 Å². The average Bonchev–Trinajstić information content (AvgIpc) is 2.78. The van der Waals surface area contributed by atoms with Crippen LogP contribution in [-0.4, -0.2) is 10.9 Å². The first-order valence-corrected chi connectivity index (χ1v) is 7.91. The Morgan fingerprint density at radius 3 is 2.67 bits per heavy atom. The Bertz CT molecular complexity index is 636. The molecule has 2 aromatic rings. The summed E-state index contributed by atoms with van der Waals surface area (Å²) in [5.41, 5.74) is 2.87. The zero-order chi connectivity index (χ0) is 15.4. The third kappa shape index (κ3) is 4.04. The molecule has 4 nitrogen and oxygen atoms in total. The highest BCUT2D eigenvalue weighted by Gasteiger charge is 2.13. The van der Waals surface area contributed by atoms with Gasteiger partial charge in [-0.25, -0.2) is 4.98 Å². The largest absolute Gasteiger partial charge is 0.377 e. The van der Waals surface area contributed by atoms with E-state index >= 15 is 0 Å². The van der Waals surface area contributed by atoms with Gasteiger partial charge in [-0.15, -0.1) is 11.3 Å². The number of hydrogen-bond acceptors (Lipinski definition) is 4. The number of thiazole rings is 1. The molecule has 2 rings (SSSR count). The van der Waals surface area contributed by atoms with Crippen LogP contribution in [0.25, 0.3) is 0 Å². The van der Waals surface area contributed by atoms with Gasteiger partial charge >= 0.3 is 0 Å². The molecule has 112 valence electrons. The van der Waals surface area contributed by atoms with Crippen LogP contribution in [0.1, 0.15) is 41.9 Å². The smallest absolute Gasteiger partial charge is 0.224 e. The Balaban J connectivity index is 2.10. The molecule has 1 unspecified atom stereocenters. The van der Waals surface area contributed by atoms with E-state index in [4.69, 9.17) is 0 Å². The molecule has 21 heavy (non-hydrogen) atoms. The van der Waals surface area contributed by atoms with Gasteiger partial charge in [-0.1, -0.05) is 13.0 Å². The zero-order valence-electron chi connectivity index (χ0n) is 12.9. The fourth-order valence-corrected chi connectivity index (χ4v) is 3.12. The zero-order valence-corrected chi connectivity index (χ0v) is 13.7. The van der Waals surface area contributed by atoms with E-state index in [1.54, 1.807) is 11.3 Å². The van der Waals surface area contributed by atoms with Crippen LogP contribution in [0.4, 0.5) is 11.4 Å². The van der Waals surface area contributed by atoms with E-state index < -0.39 is 0 Å². The highest BCUT2D eigenvalue weighted by Crippen LogP contribution is 2.26. The molecule has 1 atom stereocenters. The third-order valence-electron chi connectivity index (χ3n) is 3.20. The fourth-order valence-electron chi connectivity index (χ4n) is 2.20. The normalized spacial score (nSPS) is 12.0. The summed E-state index contributed by atoms with van der Waals surface area (Å²) in [5.74, 6) is 0.0196. The van der Waals surface area contributed by atoms with Gasteiger partial charge in [-0.05, 0) is 39.0 Å². The SMILES string of the molecule is CCC(=O)Nc1cccc(NC(C)c2nc(C)sc2C)c1.